The Morgan fingerprint density at radius 3 is 2.38 bits per heavy atom. The lowest BCUT2D eigenvalue weighted by atomic mass is 10.1. The minimum Gasteiger partial charge on any atom is -0.497 e. The van der Waals surface area contributed by atoms with Crippen LogP contribution in [0.1, 0.15) is 22.3 Å². The second-order valence-corrected chi connectivity index (χ2v) is 6.16. The molecule has 0 spiro atoms. The third-order valence-corrected chi connectivity index (χ3v) is 4.34. The zero-order valence-corrected chi connectivity index (χ0v) is 16.7. The van der Waals surface area contributed by atoms with Crippen LogP contribution in [0.25, 0.3) is 0 Å². The molecule has 1 amide bonds. The largest absolute Gasteiger partial charge is 0.497 e. The first kappa shape index (κ1) is 21.9. The number of ether oxygens (including phenoxy) is 2. The van der Waals surface area contributed by atoms with Crippen molar-refractivity contribution in [1.29, 1.82) is 0 Å². The first-order chi connectivity index (χ1) is 12.0. The Morgan fingerprint density at radius 1 is 1.15 bits per heavy atom. The molecule has 0 aromatic heterocycles. The number of nitrogen functional groups attached to an aromatic ring is 1. The smallest absolute Gasteiger partial charge is 0.257 e. The van der Waals surface area contributed by atoms with Gasteiger partial charge in [0, 0.05) is 19.7 Å². The minimum atomic E-state index is -0.145. The number of benzene rings is 2. The van der Waals surface area contributed by atoms with Crippen molar-refractivity contribution in [3.63, 3.8) is 0 Å². The molecule has 0 bridgehead atoms. The fraction of sp³-hybridized carbons (Fsp3) is 0.316. The highest BCUT2D eigenvalue weighted by Gasteiger charge is 2.18. The molecule has 0 aliphatic heterocycles. The maximum atomic E-state index is 12.6. The van der Waals surface area contributed by atoms with Crippen molar-refractivity contribution in [1.82, 2.24) is 4.90 Å². The maximum absolute atomic E-state index is 12.6. The molecule has 2 N–H and O–H groups in total. The molecule has 2 rings (SSSR count). The van der Waals surface area contributed by atoms with Crippen molar-refractivity contribution < 1.29 is 14.3 Å². The molecule has 0 atom stereocenters. The van der Waals surface area contributed by atoms with Crippen LogP contribution in [-0.2, 0) is 6.42 Å². The number of amides is 1. The summed E-state index contributed by atoms with van der Waals surface area (Å²) in [6.07, 6.45) is 1.72. The van der Waals surface area contributed by atoms with Crippen LogP contribution in [0.5, 0.6) is 11.5 Å². The van der Waals surface area contributed by atoms with Gasteiger partial charge in [0.25, 0.3) is 5.91 Å². The summed E-state index contributed by atoms with van der Waals surface area (Å²) >= 11 is 6.04. The summed E-state index contributed by atoms with van der Waals surface area (Å²) in [5, 5.41) is 0.343. The predicted octanol–water partition coefficient (Wildman–Crippen LogP) is 4.07. The van der Waals surface area contributed by atoms with Gasteiger partial charge in [-0.25, -0.2) is 0 Å². The summed E-state index contributed by atoms with van der Waals surface area (Å²) in [4.78, 5) is 14.3. The normalized spacial score (nSPS) is 10.0. The van der Waals surface area contributed by atoms with Crippen molar-refractivity contribution in [2.45, 2.75) is 12.8 Å². The van der Waals surface area contributed by atoms with E-state index in [0.717, 1.165) is 18.6 Å². The van der Waals surface area contributed by atoms with E-state index in [1.807, 2.05) is 24.3 Å². The molecule has 0 saturated carbocycles. The number of carbonyl (C=O) groups excluding carboxylic acids is 1. The number of halogens is 2. The van der Waals surface area contributed by atoms with E-state index in [1.54, 1.807) is 31.2 Å². The summed E-state index contributed by atoms with van der Waals surface area (Å²) < 4.78 is 10.4. The van der Waals surface area contributed by atoms with Crippen LogP contribution >= 0.6 is 24.0 Å². The average molecular weight is 399 g/mol. The summed E-state index contributed by atoms with van der Waals surface area (Å²) in [5.41, 5.74) is 7.76. The van der Waals surface area contributed by atoms with Crippen molar-refractivity contribution in [2.75, 3.05) is 33.5 Å². The number of aryl methyl sites for hydroxylation is 1. The molecular formula is C19H24Cl2N2O3. The highest BCUT2D eigenvalue weighted by atomic mass is 35.5. The van der Waals surface area contributed by atoms with Crippen LogP contribution in [0.4, 0.5) is 5.69 Å². The first-order valence-electron chi connectivity index (χ1n) is 7.97. The predicted molar refractivity (Wildman–Crippen MR) is 108 cm³/mol. The number of nitrogens with zero attached hydrogens (tertiary/aromatic N) is 1. The standard InChI is InChI=1S/C19H23ClN2O3.ClH/c1-22(10-4-5-13-6-8-14(24-2)9-7-13)19(23)15-11-16(20)17(21)12-18(15)25-3;/h6-9,11-12H,4-5,10,21H2,1-3H3;1H. The van der Waals surface area contributed by atoms with Gasteiger partial charge in [-0.3, -0.25) is 4.79 Å². The van der Waals surface area contributed by atoms with Gasteiger partial charge in [-0.1, -0.05) is 23.7 Å². The van der Waals surface area contributed by atoms with E-state index in [0.29, 0.717) is 28.6 Å². The molecule has 0 aliphatic rings. The second-order valence-electron chi connectivity index (χ2n) is 5.75. The molecular weight excluding hydrogens is 375 g/mol. The lowest BCUT2D eigenvalue weighted by Gasteiger charge is -2.19. The Balaban J connectivity index is 0.00000338. The van der Waals surface area contributed by atoms with Gasteiger partial charge >= 0.3 is 0 Å². The summed E-state index contributed by atoms with van der Waals surface area (Å²) in [7, 11) is 4.91. The van der Waals surface area contributed by atoms with E-state index in [9.17, 15) is 4.79 Å². The Morgan fingerprint density at radius 2 is 1.81 bits per heavy atom. The molecule has 142 valence electrons. The molecule has 7 heteroatoms. The number of nitrogens with two attached hydrogens (primary N) is 1. The van der Waals surface area contributed by atoms with Crippen molar-refractivity contribution in [3.05, 3.63) is 52.5 Å². The summed E-state index contributed by atoms with van der Waals surface area (Å²) in [6, 6.07) is 11.1. The molecule has 2 aromatic rings. The number of rotatable bonds is 7. The Kier molecular flexibility index (Phi) is 8.55. The van der Waals surface area contributed by atoms with Crippen molar-refractivity contribution >= 4 is 35.6 Å². The third-order valence-electron chi connectivity index (χ3n) is 4.01. The van der Waals surface area contributed by atoms with Gasteiger partial charge < -0.3 is 20.1 Å². The van der Waals surface area contributed by atoms with Gasteiger partial charge in [0.05, 0.1) is 30.5 Å². The quantitative estimate of drug-likeness (QED) is 0.713. The van der Waals surface area contributed by atoms with Gasteiger partial charge in [0.2, 0.25) is 0 Å². The Labute approximate surface area is 165 Å². The van der Waals surface area contributed by atoms with Gasteiger partial charge in [0.1, 0.15) is 11.5 Å². The number of hydrogen-bond donors (Lipinski definition) is 1. The highest BCUT2D eigenvalue weighted by molar-refractivity contribution is 6.33. The van der Waals surface area contributed by atoms with E-state index in [-0.39, 0.29) is 18.3 Å². The van der Waals surface area contributed by atoms with E-state index >= 15 is 0 Å². The van der Waals surface area contributed by atoms with Crippen LogP contribution in [-0.4, -0.2) is 38.6 Å². The van der Waals surface area contributed by atoms with Crippen molar-refractivity contribution in [2.24, 2.45) is 0 Å². The SMILES string of the molecule is COc1ccc(CCCN(C)C(=O)c2cc(Cl)c(N)cc2OC)cc1.Cl. The Hall–Kier alpha value is -2.11. The molecule has 0 unspecified atom stereocenters. The molecule has 0 radical (unpaired) electrons. The molecule has 2 aromatic carbocycles. The van der Waals surface area contributed by atoms with E-state index in [1.165, 1.54) is 12.7 Å². The lowest BCUT2D eigenvalue weighted by molar-refractivity contribution is 0.0790. The second kappa shape index (κ2) is 10.1. The minimum absolute atomic E-state index is 0. The Bertz CT molecular complexity index is 736. The lowest BCUT2D eigenvalue weighted by Crippen LogP contribution is -2.28. The van der Waals surface area contributed by atoms with Crippen molar-refractivity contribution in [3.8, 4) is 11.5 Å². The zero-order chi connectivity index (χ0) is 18.4. The monoisotopic (exact) mass is 398 g/mol. The van der Waals surface area contributed by atoms with Gasteiger partial charge in [0.15, 0.2) is 0 Å². The van der Waals surface area contributed by atoms with Crippen LogP contribution < -0.4 is 15.2 Å². The highest BCUT2D eigenvalue weighted by Crippen LogP contribution is 2.29. The van der Waals surface area contributed by atoms with Gasteiger partial charge in [-0.05, 0) is 36.6 Å². The zero-order valence-electron chi connectivity index (χ0n) is 15.1. The topological polar surface area (TPSA) is 64.8 Å². The summed E-state index contributed by atoms with van der Waals surface area (Å²) in [6.45, 7) is 0.621. The van der Waals surface area contributed by atoms with Gasteiger partial charge in [-0.15, -0.1) is 12.4 Å². The number of anilines is 1. The molecule has 0 saturated heterocycles. The van der Waals surface area contributed by atoms with Crippen LogP contribution in [0.15, 0.2) is 36.4 Å². The molecule has 0 fully saturated rings. The van der Waals surface area contributed by atoms with E-state index < -0.39 is 0 Å². The number of methoxy groups -OCH3 is 2. The average Bonchev–Trinajstić information content (AvgIpc) is 2.63. The van der Waals surface area contributed by atoms with E-state index in [2.05, 4.69) is 0 Å². The van der Waals surface area contributed by atoms with Crippen LogP contribution in [0.2, 0.25) is 5.02 Å². The molecule has 26 heavy (non-hydrogen) atoms. The first-order valence-corrected chi connectivity index (χ1v) is 8.35. The van der Waals surface area contributed by atoms with Crippen LogP contribution in [0.3, 0.4) is 0 Å². The van der Waals surface area contributed by atoms with E-state index in [4.69, 9.17) is 26.8 Å². The summed E-state index contributed by atoms with van der Waals surface area (Å²) in [5.74, 6) is 1.12. The maximum Gasteiger partial charge on any atom is 0.257 e. The molecule has 0 heterocycles. The van der Waals surface area contributed by atoms with Crippen LogP contribution in [0, 0.1) is 0 Å². The molecule has 0 aliphatic carbocycles. The third kappa shape index (κ3) is 5.44. The fourth-order valence-corrected chi connectivity index (χ4v) is 2.69. The number of hydrogen-bond acceptors (Lipinski definition) is 4. The number of carbonyl (C=O) groups is 1. The molecule has 5 nitrogen and oxygen atoms in total. The fourth-order valence-electron chi connectivity index (χ4n) is 2.52. The van der Waals surface area contributed by atoms with Gasteiger partial charge in [-0.2, -0.15) is 0 Å².